The lowest BCUT2D eigenvalue weighted by molar-refractivity contribution is 0.301. The molecule has 1 aliphatic rings. The van der Waals surface area contributed by atoms with Crippen molar-refractivity contribution in [2.45, 2.75) is 13.0 Å². The van der Waals surface area contributed by atoms with Crippen molar-refractivity contribution in [3.05, 3.63) is 66.3 Å². The molecule has 0 atom stereocenters. The third kappa shape index (κ3) is 2.88. The number of pyridine rings is 1. The van der Waals surface area contributed by atoms with Crippen molar-refractivity contribution >= 4 is 16.7 Å². The zero-order valence-corrected chi connectivity index (χ0v) is 13.2. The molecule has 24 heavy (non-hydrogen) atoms. The molecule has 0 amide bonds. The molecule has 0 N–H and O–H groups in total. The number of allylic oxidation sites excluding steroid dienone is 4. The van der Waals surface area contributed by atoms with E-state index < -0.39 is 0 Å². The maximum Gasteiger partial charge on any atom is 0.223 e. The van der Waals surface area contributed by atoms with Crippen LogP contribution < -0.4 is 9.47 Å². The first-order chi connectivity index (χ1) is 11.8. The van der Waals surface area contributed by atoms with E-state index in [1.54, 1.807) is 13.3 Å². The van der Waals surface area contributed by atoms with Gasteiger partial charge in [0, 0.05) is 11.6 Å². The zero-order chi connectivity index (χ0) is 16.4. The highest BCUT2D eigenvalue weighted by atomic mass is 16.5. The van der Waals surface area contributed by atoms with Crippen LogP contribution in [-0.2, 0) is 6.61 Å². The van der Waals surface area contributed by atoms with Crippen LogP contribution in [0.2, 0.25) is 0 Å². The first kappa shape index (κ1) is 14.5. The summed E-state index contributed by atoms with van der Waals surface area (Å²) in [6, 6.07) is 9.38. The number of benzene rings is 1. The summed E-state index contributed by atoms with van der Waals surface area (Å²) >= 11 is 0. The standard InChI is InChI=1S/C19H16N2O3/c1-22-16-7-6-14(20-11-16)12-23-15-8-9-18-17(10-15)21-19(24-18)13-4-2-3-5-13/h2-4,6-11H,5,12H2,1H3. The highest BCUT2D eigenvalue weighted by molar-refractivity contribution is 5.78. The number of ether oxygens (including phenoxy) is 2. The van der Waals surface area contributed by atoms with Crippen LogP contribution in [0, 0.1) is 0 Å². The second kappa shape index (κ2) is 6.20. The van der Waals surface area contributed by atoms with Crippen LogP contribution in [0.4, 0.5) is 0 Å². The van der Waals surface area contributed by atoms with Gasteiger partial charge in [0.15, 0.2) is 5.58 Å². The number of methoxy groups -OCH3 is 1. The number of nitrogens with zero attached hydrogens (tertiary/aromatic N) is 2. The van der Waals surface area contributed by atoms with Crippen LogP contribution in [-0.4, -0.2) is 17.1 Å². The molecule has 5 nitrogen and oxygen atoms in total. The molecule has 4 rings (SSSR count). The average molecular weight is 320 g/mol. The summed E-state index contributed by atoms with van der Waals surface area (Å²) in [6.07, 6.45) is 8.66. The Kier molecular flexibility index (Phi) is 3.75. The lowest BCUT2D eigenvalue weighted by atomic mass is 10.2. The molecule has 0 unspecified atom stereocenters. The molecule has 0 radical (unpaired) electrons. The number of hydrogen-bond acceptors (Lipinski definition) is 5. The Labute approximate surface area is 139 Å². The van der Waals surface area contributed by atoms with E-state index in [-0.39, 0.29) is 0 Å². The van der Waals surface area contributed by atoms with Gasteiger partial charge in [0.05, 0.1) is 19.0 Å². The fourth-order valence-electron chi connectivity index (χ4n) is 2.51. The molecule has 0 spiro atoms. The monoisotopic (exact) mass is 320 g/mol. The number of hydrogen-bond donors (Lipinski definition) is 0. The highest BCUT2D eigenvalue weighted by Crippen LogP contribution is 2.28. The third-order valence-electron chi connectivity index (χ3n) is 3.83. The van der Waals surface area contributed by atoms with E-state index in [0.29, 0.717) is 12.5 Å². The van der Waals surface area contributed by atoms with Gasteiger partial charge < -0.3 is 13.9 Å². The van der Waals surface area contributed by atoms with Gasteiger partial charge in [-0.25, -0.2) is 4.98 Å². The van der Waals surface area contributed by atoms with Gasteiger partial charge in [-0.3, -0.25) is 4.98 Å². The van der Waals surface area contributed by atoms with E-state index >= 15 is 0 Å². The van der Waals surface area contributed by atoms with Gasteiger partial charge in [-0.15, -0.1) is 0 Å². The van der Waals surface area contributed by atoms with Crippen LogP contribution in [0.1, 0.15) is 18.0 Å². The van der Waals surface area contributed by atoms with Crippen molar-refractivity contribution in [2.24, 2.45) is 0 Å². The van der Waals surface area contributed by atoms with E-state index in [2.05, 4.69) is 16.0 Å². The maximum absolute atomic E-state index is 5.80. The lowest BCUT2D eigenvalue weighted by Gasteiger charge is -2.06. The van der Waals surface area contributed by atoms with Crippen LogP contribution in [0.25, 0.3) is 16.7 Å². The topological polar surface area (TPSA) is 57.4 Å². The molecule has 120 valence electrons. The minimum atomic E-state index is 0.384. The molecule has 0 aliphatic heterocycles. The molecule has 5 heteroatoms. The first-order valence-corrected chi connectivity index (χ1v) is 7.70. The molecule has 2 aromatic heterocycles. The predicted octanol–water partition coefficient (Wildman–Crippen LogP) is 4.15. The minimum absolute atomic E-state index is 0.384. The predicted molar refractivity (Wildman–Crippen MR) is 90.9 cm³/mol. The Hall–Kier alpha value is -3.08. The van der Waals surface area contributed by atoms with Crippen LogP contribution in [0.5, 0.6) is 11.5 Å². The van der Waals surface area contributed by atoms with Gasteiger partial charge in [0.2, 0.25) is 5.89 Å². The molecule has 0 fully saturated rings. The molecule has 3 aromatic rings. The van der Waals surface area contributed by atoms with Crippen molar-refractivity contribution < 1.29 is 13.9 Å². The largest absolute Gasteiger partial charge is 0.495 e. The molecule has 0 bridgehead atoms. The van der Waals surface area contributed by atoms with Crippen LogP contribution in [0.15, 0.2) is 59.2 Å². The number of rotatable bonds is 5. The summed E-state index contributed by atoms with van der Waals surface area (Å²) < 4.78 is 16.7. The highest BCUT2D eigenvalue weighted by Gasteiger charge is 2.12. The molecule has 2 heterocycles. The first-order valence-electron chi connectivity index (χ1n) is 7.70. The molecule has 0 saturated carbocycles. The smallest absolute Gasteiger partial charge is 0.223 e. The van der Waals surface area contributed by atoms with E-state index in [1.807, 2.05) is 42.5 Å². The van der Waals surface area contributed by atoms with Gasteiger partial charge in [-0.05, 0) is 30.7 Å². The van der Waals surface area contributed by atoms with Crippen LogP contribution >= 0.6 is 0 Å². The number of fused-ring (bicyclic) bond motifs is 1. The molecule has 1 aliphatic carbocycles. The summed E-state index contributed by atoms with van der Waals surface area (Å²) in [6.45, 7) is 0.384. The second-order valence-corrected chi connectivity index (χ2v) is 5.45. The molecular weight excluding hydrogens is 304 g/mol. The molecular formula is C19H16N2O3. The van der Waals surface area contributed by atoms with Gasteiger partial charge >= 0.3 is 0 Å². The van der Waals surface area contributed by atoms with Crippen molar-refractivity contribution in [1.82, 2.24) is 9.97 Å². The summed E-state index contributed by atoms with van der Waals surface area (Å²) in [4.78, 5) is 8.83. The van der Waals surface area contributed by atoms with Gasteiger partial charge in [-0.1, -0.05) is 18.2 Å². The van der Waals surface area contributed by atoms with E-state index in [1.165, 1.54) is 0 Å². The number of aromatic nitrogens is 2. The number of oxazole rings is 1. The Morgan fingerprint density at radius 3 is 2.83 bits per heavy atom. The average Bonchev–Trinajstić information content (AvgIpc) is 3.29. The fraction of sp³-hybridized carbons (Fsp3) is 0.158. The second-order valence-electron chi connectivity index (χ2n) is 5.45. The van der Waals surface area contributed by atoms with Gasteiger partial charge in [0.1, 0.15) is 23.6 Å². The quantitative estimate of drug-likeness (QED) is 0.706. The normalized spacial score (nSPS) is 13.3. The maximum atomic E-state index is 5.80. The van der Waals surface area contributed by atoms with E-state index in [0.717, 1.165) is 40.3 Å². The lowest BCUT2D eigenvalue weighted by Crippen LogP contribution is -1.98. The van der Waals surface area contributed by atoms with Gasteiger partial charge in [-0.2, -0.15) is 0 Å². The summed E-state index contributed by atoms with van der Waals surface area (Å²) in [5.74, 6) is 2.13. The van der Waals surface area contributed by atoms with Crippen molar-refractivity contribution in [1.29, 1.82) is 0 Å². The third-order valence-corrected chi connectivity index (χ3v) is 3.83. The zero-order valence-electron chi connectivity index (χ0n) is 13.2. The minimum Gasteiger partial charge on any atom is -0.495 e. The van der Waals surface area contributed by atoms with E-state index in [9.17, 15) is 0 Å². The molecule has 1 aromatic carbocycles. The summed E-state index contributed by atoms with van der Waals surface area (Å²) in [5, 5.41) is 0. The summed E-state index contributed by atoms with van der Waals surface area (Å²) in [7, 11) is 1.62. The van der Waals surface area contributed by atoms with Crippen molar-refractivity contribution in [3.8, 4) is 11.5 Å². The molecule has 0 saturated heterocycles. The van der Waals surface area contributed by atoms with Crippen molar-refractivity contribution in [3.63, 3.8) is 0 Å². The Bertz CT molecular complexity index is 923. The Morgan fingerprint density at radius 1 is 1.17 bits per heavy atom. The SMILES string of the molecule is COc1ccc(COc2ccc3oc(C4=CC=CC4)nc3c2)nc1. The van der Waals surface area contributed by atoms with Gasteiger partial charge in [0.25, 0.3) is 0 Å². The van der Waals surface area contributed by atoms with Crippen LogP contribution in [0.3, 0.4) is 0 Å². The Balaban J connectivity index is 1.49. The Morgan fingerprint density at radius 2 is 2.08 bits per heavy atom. The van der Waals surface area contributed by atoms with Crippen molar-refractivity contribution in [2.75, 3.05) is 7.11 Å². The summed E-state index contributed by atoms with van der Waals surface area (Å²) in [5.41, 5.74) is 3.47. The fourth-order valence-corrected chi connectivity index (χ4v) is 2.51. The van der Waals surface area contributed by atoms with E-state index in [4.69, 9.17) is 13.9 Å².